The molecule has 1 saturated heterocycles. The van der Waals surface area contributed by atoms with Crippen LogP contribution in [0.4, 0.5) is 4.39 Å². The van der Waals surface area contributed by atoms with Crippen molar-refractivity contribution in [3.05, 3.63) is 41.8 Å². The minimum absolute atomic E-state index is 0.00841. The Balaban J connectivity index is 1.78. The van der Waals surface area contributed by atoms with Gasteiger partial charge < -0.3 is 14.3 Å². The fraction of sp³-hybridized carbons (Fsp3) is 0.312. The summed E-state index contributed by atoms with van der Waals surface area (Å²) < 4.78 is 18.2. The summed E-state index contributed by atoms with van der Waals surface area (Å²) in [6.07, 6.45) is 1.37. The molecule has 0 radical (unpaired) electrons. The molecule has 0 aliphatic carbocycles. The molecule has 1 aliphatic heterocycles. The first-order valence-corrected chi connectivity index (χ1v) is 7.31. The Morgan fingerprint density at radius 2 is 1.70 bits per heavy atom. The SMILES string of the molecule is CC(=O)N1CCN(C(=O)c2cnoc2-c2ccc(F)cc2)CC1. The van der Waals surface area contributed by atoms with E-state index in [0.29, 0.717) is 43.1 Å². The smallest absolute Gasteiger partial charge is 0.259 e. The van der Waals surface area contributed by atoms with Crippen LogP contribution in [0.2, 0.25) is 0 Å². The van der Waals surface area contributed by atoms with Gasteiger partial charge >= 0.3 is 0 Å². The molecule has 23 heavy (non-hydrogen) atoms. The van der Waals surface area contributed by atoms with E-state index < -0.39 is 0 Å². The quantitative estimate of drug-likeness (QED) is 0.847. The molecule has 2 aromatic rings. The Bertz CT molecular complexity index is 718. The number of halogens is 1. The molecule has 0 bridgehead atoms. The lowest BCUT2D eigenvalue weighted by molar-refractivity contribution is -0.130. The second-order valence-electron chi connectivity index (χ2n) is 5.37. The Morgan fingerprint density at radius 1 is 1.09 bits per heavy atom. The van der Waals surface area contributed by atoms with E-state index >= 15 is 0 Å². The first-order chi connectivity index (χ1) is 11.1. The summed E-state index contributed by atoms with van der Waals surface area (Å²) in [6, 6.07) is 5.69. The molecule has 1 aromatic heterocycles. The van der Waals surface area contributed by atoms with E-state index in [1.165, 1.54) is 25.3 Å². The fourth-order valence-corrected chi connectivity index (χ4v) is 2.60. The predicted octanol–water partition coefficient (Wildman–Crippen LogP) is 1.79. The van der Waals surface area contributed by atoms with Gasteiger partial charge in [-0.3, -0.25) is 9.59 Å². The number of piperazine rings is 1. The third-order valence-corrected chi connectivity index (χ3v) is 3.92. The molecule has 2 heterocycles. The Labute approximate surface area is 132 Å². The van der Waals surface area contributed by atoms with Gasteiger partial charge in [0.25, 0.3) is 5.91 Å². The Hall–Kier alpha value is -2.70. The van der Waals surface area contributed by atoms with Gasteiger partial charge in [-0.2, -0.15) is 0 Å². The molecular formula is C16H16FN3O3. The minimum Gasteiger partial charge on any atom is -0.355 e. The molecule has 0 spiro atoms. The zero-order valence-corrected chi connectivity index (χ0v) is 12.7. The number of carbonyl (C=O) groups excluding carboxylic acids is 2. The highest BCUT2D eigenvalue weighted by atomic mass is 19.1. The summed E-state index contributed by atoms with van der Waals surface area (Å²) in [5, 5.41) is 3.70. The average Bonchev–Trinajstić information content (AvgIpc) is 3.04. The molecule has 1 aliphatic rings. The third-order valence-electron chi connectivity index (χ3n) is 3.92. The molecular weight excluding hydrogens is 301 g/mol. The monoisotopic (exact) mass is 317 g/mol. The molecule has 0 N–H and O–H groups in total. The summed E-state index contributed by atoms with van der Waals surface area (Å²) in [5.74, 6) is -0.228. The number of nitrogens with zero attached hydrogens (tertiary/aromatic N) is 3. The lowest BCUT2D eigenvalue weighted by Crippen LogP contribution is -2.50. The minimum atomic E-state index is -0.360. The van der Waals surface area contributed by atoms with Crippen LogP contribution in [0.3, 0.4) is 0 Å². The third kappa shape index (κ3) is 3.08. The maximum Gasteiger partial charge on any atom is 0.259 e. The highest BCUT2D eigenvalue weighted by Gasteiger charge is 2.27. The van der Waals surface area contributed by atoms with Crippen molar-refractivity contribution >= 4 is 11.8 Å². The summed E-state index contributed by atoms with van der Waals surface area (Å²) in [4.78, 5) is 27.4. The second-order valence-corrected chi connectivity index (χ2v) is 5.37. The van der Waals surface area contributed by atoms with Crippen LogP contribution >= 0.6 is 0 Å². The zero-order chi connectivity index (χ0) is 16.4. The van der Waals surface area contributed by atoms with Crippen molar-refractivity contribution in [3.63, 3.8) is 0 Å². The standard InChI is InChI=1S/C16H16FN3O3/c1-11(21)19-6-8-20(9-7-19)16(22)14-10-18-23-15(14)12-2-4-13(17)5-3-12/h2-5,10H,6-9H2,1H3. The molecule has 6 nitrogen and oxygen atoms in total. The van der Waals surface area contributed by atoms with Gasteiger partial charge in [0.1, 0.15) is 11.4 Å². The highest BCUT2D eigenvalue weighted by Crippen LogP contribution is 2.25. The maximum absolute atomic E-state index is 13.0. The van der Waals surface area contributed by atoms with E-state index in [-0.39, 0.29) is 17.6 Å². The summed E-state index contributed by atoms with van der Waals surface area (Å²) in [5.41, 5.74) is 0.933. The normalized spacial score (nSPS) is 14.9. The number of benzene rings is 1. The maximum atomic E-state index is 13.0. The van der Waals surface area contributed by atoms with E-state index in [4.69, 9.17) is 4.52 Å². The van der Waals surface area contributed by atoms with Crippen LogP contribution < -0.4 is 0 Å². The highest BCUT2D eigenvalue weighted by molar-refractivity contribution is 5.99. The summed E-state index contributed by atoms with van der Waals surface area (Å²) in [7, 11) is 0. The van der Waals surface area contributed by atoms with Crippen molar-refractivity contribution in [2.75, 3.05) is 26.2 Å². The number of aromatic nitrogens is 1. The van der Waals surface area contributed by atoms with Crippen molar-refractivity contribution in [1.29, 1.82) is 0 Å². The fourth-order valence-electron chi connectivity index (χ4n) is 2.60. The van der Waals surface area contributed by atoms with Gasteiger partial charge in [0.15, 0.2) is 5.76 Å². The largest absolute Gasteiger partial charge is 0.355 e. The molecule has 0 unspecified atom stereocenters. The average molecular weight is 317 g/mol. The van der Waals surface area contributed by atoms with Crippen LogP contribution in [0.15, 0.2) is 35.0 Å². The van der Waals surface area contributed by atoms with Crippen molar-refractivity contribution in [3.8, 4) is 11.3 Å². The van der Waals surface area contributed by atoms with Gasteiger partial charge in [-0.25, -0.2) is 4.39 Å². The molecule has 0 saturated carbocycles. The number of amides is 2. The first-order valence-electron chi connectivity index (χ1n) is 7.31. The van der Waals surface area contributed by atoms with Crippen molar-refractivity contribution in [2.24, 2.45) is 0 Å². The van der Waals surface area contributed by atoms with Crippen LogP contribution in [0, 0.1) is 5.82 Å². The molecule has 0 atom stereocenters. The van der Waals surface area contributed by atoms with Gasteiger partial charge in [0, 0.05) is 38.7 Å². The summed E-state index contributed by atoms with van der Waals surface area (Å²) >= 11 is 0. The molecule has 1 fully saturated rings. The molecule has 7 heteroatoms. The number of hydrogen-bond acceptors (Lipinski definition) is 4. The van der Waals surface area contributed by atoms with Crippen LogP contribution in [0.5, 0.6) is 0 Å². The van der Waals surface area contributed by atoms with Crippen LogP contribution in [0.25, 0.3) is 11.3 Å². The molecule has 1 aromatic carbocycles. The van der Waals surface area contributed by atoms with E-state index in [0.717, 1.165) is 0 Å². The molecule has 3 rings (SSSR count). The van der Waals surface area contributed by atoms with Crippen molar-refractivity contribution in [1.82, 2.24) is 15.0 Å². The van der Waals surface area contributed by atoms with Gasteiger partial charge in [0.05, 0.1) is 6.20 Å². The Kier molecular flexibility index (Phi) is 4.10. The predicted molar refractivity (Wildman–Crippen MR) is 80.1 cm³/mol. The molecule has 2 amide bonds. The van der Waals surface area contributed by atoms with Crippen molar-refractivity contribution in [2.45, 2.75) is 6.92 Å². The van der Waals surface area contributed by atoms with Crippen molar-refractivity contribution < 1.29 is 18.5 Å². The van der Waals surface area contributed by atoms with E-state index in [2.05, 4.69) is 5.16 Å². The number of carbonyl (C=O) groups is 2. The van der Waals surface area contributed by atoms with Crippen LogP contribution in [-0.2, 0) is 4.79 Å². The first kappa shape index (κ1) is 15.2. The second kappa shape index (κ2) is 6.20. The Morgan fingerprint density at radius 3 is 2.30 bits per heavy atom. The van der Waals surface area contributed by atoms with Gasteiger partial charge in [-0.05, 0) is 24.3 Å². The van der Waals surface area contributed by atoms with Crippen LogP contribution in [-0.4, -0.2) is 52.9 Å². The topological polar surface area (TPSA) is 66.7 Å². The van der Waals surface area contributed by atoms with E-state index in [1.807, 2.05) is 0 Å². The van der Waals surface area contributed by atoms with Gasteiger partial charge in [0.2, 0.25) is 5.91 Å². The number of hydrogen-bond donors (Lipinski definition) is 0. The van der Waals surface area contributed by atoms with Crippen LogP contribution in [0.1, 0.15) is 17.3 Å². The van der Waals surface area contributed by atoms with E-state index in [1.54, 1.807) is 21.9 Å². The lowest BCUT2D eigenvalue weighted by Gasteiger charge is -2.34. The number of rotatable bonds is 2. The van der Waals surface area contributed by atoms with Gasteiger partial charge in [-0.1, -0.05) is 5.16 Å². The zero-order valence-electron chi connectivity index (χ0n) is 12.7. The summed E-state index contributed by atoms with van der Waals surface area (Å²) in [6.45, 7) is 3.47. The van der Waals surface area contributed by atoms with E-state index in [9.17, 15) is 14.0 Å². The van der Waals surface area contributed by atoms with Gasteiger partial charge in [-0.15, -0.1) is 0 Å². The molecule has 120 valence electrons. The lowest BCUT2D eigenvalue weighted by atomic mass is 10.1.